The van der Waals surface area contributed by atoms with Gasteiger partial charge in [-0.05, 0) is 24.6 Å². The molecular formula is C12H14N2O2. The van der Waals surface area contributed by atoms with Crippen molar-refractivity contribution in [2.45, 2.75) is 20.1 Å². The van der Waals surface area contributed by atoms with Crippen molar-refractivity contribution in [1.82, 2.24) is 9.55 Å². The van der Waals surface area contributed by atoms with Gasteiger partial charge in [0.25, 0.3) is 0 Å². The van der Waals surface area contributed by atoms with Gasteiger partial charge in [0, 0.05) is 18.9 Å². The van der Waals surface area contributed by atoms with Gasteiger partial charge in [0.05, 0.1) is 6.61 Å². The van der Waals surface area contributed by atoms with Crippen LogP contribution in [0.2, 0.25) is 0 Å². The van der Waals surface area contributed by atoms with Crippen molar-refractivity contribution in [1.29, 1.82) is 0 Å². The molecule has 16 heavy (non-hydrogen) atoms. The zero-order valence-corrected chi connectivity index (χ0v) is 9.13. The van der Waals surface area contributed by atoms with Crippen molar-refractivity contribution in [3.8, 4) is 11.8 Å². The average Bonchev–Trinajstić information content (AvgIpc) is 2.77. The van der Waals surface area contributed by atoms with Crippen LogP contribution in [-0.4, -0.2) is 14.7 Å². The molecule has 0 aliphatic carbocycles. The lowest BCUT2D eigenvalue weighted by molar-refractivity contribution is 0.281. The minimum Gasteiger partial charge on any atom is -0.426 e. The molecule has 0 fully saturated rings. The van der Waals surface area contributed by atoms with Gasteiger partial charge in [-0.15, -0.1) is 0 Å². The van der Waals surface area contributed by atoms with Crippen LogP contribution in [0.5, 0.6) is 11.8 Å². The topological polar surface area (TPSA) is 47.3 Å². The van der Waals surface area contributed by atoms with Crippen molar-refractivity contribution in [2.75, 3.05) is 0 Å². The molecular weight excluding hydrogens is 204 g/mol. The highest BCUT2D eigenvalue weighted by atomic mass is 16.5. The molecule has 84 valence electrons. The molecule has 1 heterocycles. The third-order valence-electron chi connectivity index (χ3n) is 2.33. The monoisotopic (exact) mass is 218 g/mol. The fourth-order valence-corrected chi connectivity index (χ4v) is 1.41. The summed E-state index contributed by atoms with van der Waals surface area (Å²) >= 11 is 0. The number of imidazole rings is 1. The van der Waals surface area contributed by atoms with E-state index in [2.05, 4.69) is 4.98 Å². The Bertz CT molecular complexity index is 448. The van der Waals surface area contributed by atoms with E-state index in [0.717, 1.165) is 17.9 Å². The van der Waals surface area contributed by atoms with E-state index in [1.165, 1.54) is 0 Å². The number of hydrogen-bond donors (Lipinski definition) is 1. The largest absolute Gasteiger partial charge is 0.426 e. The Morgan fingerprint density at radius 2 is 2.06 bits per heavy atom. The van der Waals surface area contributed by atoms with Crippen molar-refractivity contribution in [3.05, 3.63) is 42.2 Å². The fraction of sp³-hybridized carbons (Fsp3) is 0.250. The molecule has 0 saturated heterocycles. The van der Waals surface area contributed by atoms with E-state index in [1.807, 2.05) is 42.0 Å². The first-order valence-electron chi connectivity index (χ1n) is 5.22. The molecule has 1 aromatic carbocycles. The molecule has 1 N–H and O–H groups in total. The maximum absolute atomic E-state index is 8.91. The van der Waals surface area contributed by atoms with Crippen LogP contribution < -0.4 is 4.74 Å². The van der Waals surface area contributed by atoms with Gasteiger partial charge in [0.1, 0.15) is 5.75 Å². The number of hydrogen-bond acceptors (Lipinski definition) is 3. The number of nitrogens with zero attached hydrogens (tertiary/aromatic N) is 2. The van der Waals surface area contributed by atoms with Gasteiger partial charge in [-0.2, -0.15) is 0 Å². The first kappa shape index (κ1) is 10.7. The predicted octanol–water partition coefficient (Wildman–Crippen LogP) is 2.19. The summed E-state index contributed by atoms with van der Waals surface area (Å²) in [5.41, 5.74) is 0.867. The molecule has 4 heteroatoms. The van der Waals surface area contributed by atoms with Crippen LogP contribution in [0.25, 0.3) is 0 Å². The molecule has 0 bridgehead atoms. The second-order valence-electron chi connectivity index (χ2n) is 3.40. The van der Waals surface area contributed by atoms with Gasteiger partial charge in [0.2, 0.25) is 0 Å². The number of rotatable bonds is 4. The fourth-order valence-electron chi connectivity index (χ4n) is 1.41. The van der Waals surface area contributed by atoms with E-state index in [-0.39, 0.29) is 6.61 Å². The molecule has 0 spiro atoms. The second kappa shape index (κ2) is 4.81. The summed E-state index contributed by atoms with van der Waals surface area (Å²) in [6.45, 7) is 2.90. The summed E-state index contributed by atoms with van der Waals surface area (Å²) in [7, 11) is 0. The predicted molar refractivity (Wildman–Crippen MR) is 60.3 cm³/mol. The lowest BCUT2D eigenvalue weighted by atomic mass is 10.2. The van der Waals surface area contributed by atoms with Crippen LogP contribution in [0.15, 0.2) is 36.7 Å². The summed E-state index contributed by atoms with van der Waals surface area (Å²) in [6.07, 6.45) is 3.58. The van der Waals surface area contributed by atoms with E-state index < -0.39 is 0 Å². The number of aliphatic hydroxyl groups excluding tert-OH is 1. The van der Waals surface area contributed by atoms with E-state index in [9.17, 15) is 0 Å². The van der Waals surface area contributed by atoms with Crippen LogP contribution in [-0.2, 0) is 13.2 Å². The first-order chi connectivity index (χ1) is 7.83. The Kier molecular flexibility index (Phi) is 3.22. The maximum atomic E-state index is 8.91. The van der Waals surface area contributed by atoms with Crippen molar-refractivity contribution in [3.63, 3.8) is 0 Å². The molecule has 0 amide bonds. The molecule has 0 unspecified atom stereocenters. The van der Waals surface area contributed by atoms with Crippen molar-refractivity contribution < 1.29 is 9.84 Å². The average molecular weight is 218 g/mol. The van der Waals surface area contributed by atoms with E-state index in [0.29, 0.717) is 6.01 Å². The van der Waals surface area contributed by atoms with Gasteiger partial charge < -0.3 is 14.4 Å². The van der Waals surface area contributed by atoms with E-state index >= 15 is 0 Å². The summed E-state index contributed by atoms with van der Waals surface area (Å²) in [4.78, 5) is 4.12. The number of aromatic nitrogens is 2. The second-order valence-corrected chi connectivity index (χ2v) is 3.40. The van der Waals surface area contributed by atoms with Crippen LogP contribution in [0, 0.1) is 0 Å². The Morgan fingerprint density at radius 1 is 1.31 bits per heavy atom. The third-order valence-corrected chi connectivity index (χ3v) is 2.33. The normalized spacial score (nSPS) is 10.4. The SMILES string of the molecule is CCn1ccnc1Oc1ccc(CO)cc1. The van der Waals surface area contributed by atoms with Gasteiger partial charge in [-0.1, -0.05) is 12.1 Å². The summed E-state index contributed by atoms with van der Waals surface area (Å²) in [6, 6.07) is 7.88. The summed E-state index contributed by atoms with van der Waals surface area (Å²) in [5.74, 6) is 0.720. The molecule has 2 rings (SSSR count). The minimum absolute atomic E-state index is 0.0455. The molecule has 0 saturated carbocycles. The van der Waals surface area contributed by atoms with E-state index in [4.69, 9.17) is 9.84 Å². The molecule has 0 radical (unpaired) electrons. The van der Waals surface area contributed by atoms with Gasteiger partial charge in [0.15, 0.2) is 0 Å². The number of benzene rings is 1. The first-order valence-corrected chi connectivity index (χ1v) is 5.22. The number of aryl methyl sites for hydroxylation is 1. The van der Waals surface area contributed by atoms with Gasteiger partial charge in [-0.25, -0.2) is 4.98 Å². The Balaban J connectivity index is 2.14. The molecule has 0 aliphatic rings. The quantitative estimate of drug-likeness (QED) is 0.855. The molecule has 0 atom stereocenters. The van der Waals surface area contributed by atoms with Gasteiger partial charge in [-0.3, -0.25) is 0 Å². The molecule has 2 aromatic rings. The lowest BCUT2D eigenvalue weighted by Gasteiger charge is -2.06. The minimum atomic E-state index is 0.0455. The Hall–Kier alpha value is -1.81. The van der Waals surface area contributed by atoms with Crippen LogP contribution >= 0.6 is 0 Å². The molecule has 4 nitrogen and oxygen atoms in total. The molecule has 0 aliphatic heterocycles. The summed E-state index contributed by atoms with van der Waals surface area (Å²) in [5, 5.41) is 8.91. The van der Waals surface area contributed by atoms with Crippen molar-refractivity contribution >= 4 is 0 Å². The standard InChI is InChI=1S/C12H14N2O2/c1-2-14-8-7-13-12(14)16-11-5-3-10(9-15)4-6-11/h3-8,15H,2,9H2,1H3. The maximum Gasteiger partial charge on any atom is 0.301 e. The summed E-state index contributed by atoms with van der Waals surface area (Å²) < 4.78 is 7.53. The zero-order chi connectivity index (χ0) is 11.4. The number of ether oxygens (including phenoxy) is 1. The highest BCUT2D eigenvalue weighted by Gasteiger charge is 2.03. The Labute approximate surface area is 94.1 Å². The van der Waals surface area contributed by atoms with Crippen LogP contribution in [0.1, 0.15) is 12.5 Å². The molecule has 1 aromatic heterocycles. The Morgan fingerprint density at radius 3 is 2.69 bits per heavy atom. The third kappa shape index (κ3) is 2.23. The number of aliphatic hydroxyl groups is 1. The van der Waals surface area contributed by atoms with Crippen molar-refractivity contribution in [2.24, 2.45) is 0 Å². The highest BCUT2D eigenvalue weighted by Crippen LogP contribution is 2.19. The van der Waals surface area contributed by atoms with Crippen LogP contribution in [0.4, 0.5) is 0 Å². The van der Waals surface area contributed by atoms with Gasteiger partial charge >= 0.3 is 6.01 Å². The lowest BCUT2D eigenvalue weighted by Crippen LogP contribution is -1.97. The smallest absolute Gasteiger partial charge is 0.301 e. The zero-order valence-electron chi connectivity index (χ0n) is 9.13. The van der Waals surface area contributed by atoms with E-state index in [1.54, 1.807) is 6.20 Å². The highest BCUT2D eigenvalue weighted by molar-refractivity contribution is 5.28. The van der Waals surface area contributed by atoms with Crippen LogP contribution in [0.3, 0.4) is 0 Å².